The Labute approximate surface area is 256 Å². The summed E-state index contributed by atoms with van der Waals surface area (Å²) < 4.78 is 0. The van der Waals surface area contributed by atoms with Crippen LogP contribution in [0.2, 0.25) is 0 Å². The molecule has 6 heteroatoms. The van der Waals surface area contributed by atoms with Crippen LogP contribution in [0.15, 0.2) is 91.0 Å². The summed E-state index contributed by atoms with van der Waals surface area (Å²) in [7, 11) is 0. The fraction of sp³-hybridized carbons (Fsp3) is 0.455. The predicted molar refractivity (Wildman–Crippen MR) is 175 cm³/mol. The maximum absolute atomic E-state index is 3.78. The Balaban J connectivity index is 0.00000253. The molecule has 216 valence electrons. The van der Waals surface area contributed by atoms with Gasteiger partial charge in [-0.1, -0.05) is 112 Å². The summed E-state index contributed by atoms with van der Waals surface area (Å²) in [6.07, 6.45) is 3.45. The average molecular weight is 593 g/mol. The Kier molecular flexibility index (Phi) is 16.3. The van der Waals surface area contributed by atoms with E-state index in [0.717, 1.165) is 45.6 Å². The fourth-order valence-corrected chi connectivity index (χ4v) is 5.30. The second kappa shape index (κ2) is 18.0. The van der Waals surface area contributed by atoms with E-state index in [-0.39, 0.29) is 37.2 Å². The molecule has 1 fully saturated rings. The molecular formula is C33H48Cl3N3. The summed E-state index contributed by atoms with van der Waals surface area (Å²) in [6, 6.07) is 33.9. The number of nitrogens with one attached hydrogen (secondary N) is 1. The second-order valence-electron chi connectivity index (χ2n) is 11.6. The molecule has 1 saturated heterocycles. The smallest absolute Gasteiger partial charge is 0.0264 e. The highest BCUT2D eigenvalue weighted by Gasteiger charge is 2.31. The van der Waals surface area contributed by atoms with Crippen LogP contribution in [0.5, 0.6) is 0 Å². The first-order chi connectivity index (χ1) is 17.5. The standard InChI is InChI=1S/C33H45N3.3ClH/c1-33(2,3)19-20-35-21-22-36(27-32(35)24-29-15-9-5-10-16-29)31(23-28-13-7-4-8-14-28)26-34-25-30-17-11-6-12-18-30;;;/h4-18,31-32,34H,19-27H2,1-3H3;3*1H. The van der Waals surface area contributed by atoms with E-state index in [9.17, 15) is 0 Å². The van der Waals surface area contributed by atoms with Crippen molar-refractivity contribution in [2.24, 2.45) is 5.41 Å². The lowest BCUT2D eigenvalue weighted by atomic mass is 9.91. The van der Waals surface area contributed by atoms with Gasteiger partial charge < -0.3 is 5.32 Å². The summed E-state index contributed by atoms with van der Waals surface area (Å²) in [4.78, 5) is 5.54. The molecule has 1 aliphatic rings. The van der Waals surface area contributed by atoms with Crippen LogP contribution in [0.4, 0.5) is 0 Å². The van der Waals surface area contributed by atoms with Gasteiger partial charge >= 0.3 is 0 Å². The SMILES string of the molecule is CC(C)(C)CCN1CCN(C(CNCc2ccccc2)Cc2ccccc2)CC1Cc1ccccc1.Cl.Cl.Cl. The van der Waals surface area contributed by atoms with Crippen molar-refractivity contribution in [3.63, 3.8) is 0 Å². The second-order valence-corrected chi connectivity index (χ2v) is 11.6. The van der Waals surface area contributed by atoms with Crippen LogP contribution in [0, 0.1) is 5.41 Å². The van der Waals surface area contributed by atoms with Crippen LogP contribution >= 0.6 is 37.2 Å². The number of halogens is 3. The molecular weight excluding hydrogens is 545 g/mol. The third-order valence-corrected chi connectivity index (χ3v) is 7.48. The lowest BCUT2D eigenvalue weighted by Crippen LogP contribution is -2.58. The van der Waals surface area contributed by atoms with Gasteiger partial charge in [0.1, 0.15) is 0 Å². The minimum Gasteiger partial charge on any atom is -0.311 e. The molecule has 0 amide bonds. The molecule has 0 aromatic heterocycles. The van der Waals surface area contributed by atoms with E-state index >= 15 is 0 Å². The number of hydrogen-bond acceptors (Lipinski definition) is 3. The average Bonchev–Trinajstić information content (AvgIpc) is 2.89. The van der Waals surface area contributed by atoms with Gasteiger partial charge in [0.2, 0.25) is 0 Å². The van der Waals surface area contributed by atoms with Crippen LogP contribution < -0.4 is 5.32 Å². The molecule has 0 saturated carbocycles. The van der Waals surface area contributed by atoms with Crippen molar-refractivity contribution < 1.29 is 0 Å². The molecule has 39 heavy (non-hydrogen) atoms. The predicted octanol–water partition coefficient (Wildman–Crippen LogP) is 7.32. The quantitative estimate of drug-likeness (QED) is 0.252. The van der Waals surface area contributed by atoms with E-state index < -0.39 is 0 Å². The molecule has 3 aromatic rings. The zero-order chi connectivity index (χ0) is 25.2. The van der Waals surface area contributed by atoms with Crippen LogP contribution in [-0.2, 0) is 19.4 Å². The fourth-order valence-electron chi connectivity index (χ4n) is 5.30. The Morgan fingerprint density at radius 1 is 0.744 bits per heavy atom. The highest BCUT2D eigenvalue weighted by molar-refractivity contribution is 5.86. The van der Waals surface area contributed by atoms with E-state index in [2.05, 4.69) is 127 Å². The van der Waals surface area contributed by atoms with Crippen molar-refractivity contribution in [2.75, 3.05) is 32.7 Å². The summed E-state index contributed by atoms with van der Waals surface area (Å²) in [5, 5.41) is 3.78. The number of nitrogens with zero attached hydrogens (tertiary/aromatic N) is 2. The van der Waals surface area contributed by atoms with E-state index in [1.807, 2.05) is 0 Å². The zero-order valence-corrected chi connectivity index (χ0v) is 26.2. The number of rotatable bonds is 11. The van der Waals surface area contributed by atoms with Crippen LogP contribution in [0.25, 0.3) is 0 Å². The van der Waals surface area contributed by atoms with Crippen molar-refractivity contribution in [2.45, 2.75) is 58.7 Å². The van der Waals surface area contributed by atoms with Crippen LogP contribution in [-0.4, -0.2) is 54.6 Å². The summed E-state index contributed by atoms with van der Waals surface area (Å²) in [5.41, 5.74) is 4.60. The van der Waals surface area contributed by atoms with Gasteiger partial charge in [0.15, 0.2) is 0 Å². The van der Waals surface area contributed by atoms with Crippen molar-refractivity contribution in [3.8, 4) is 0 Å². The van der Waals surface area contributed by atoms with E-state index in [1.54, 1.807) is 0 Å². The highest BCUT2D eigenvalue weighted by atomic mass is 35.5. The monoisotopic (exact) mass is 591 g/mol. The normalized spacial score (nSPS) is 16.8. The maximum atomic E-state index is 3.78. The first-order valence-corrected chi connectivity index (χ1v) is 13.8. The first kappa shape index (κ1) is 35.4. The lowest BCUT2D eigenvalue weighted by Gasteiger charge is -2.45. The van der Waals surface area contributed by atoms with Gasteiger partial charge in [-0.3, -0.25) is 9.80 Å². The zero-order valence-electron chi connectivity index (χ0n) is 23.8. The minimum atomic E-state index is 0. The molecule has 4 rings (SSSR count). The number of piperazine rings is 1. The minimum absolute atomic E-state index is 0. The molecule has 3 aromatic carbocycles. The van der Waals surface area contributed by atoms with Crippen LogP contribution in [0.1, 0.15) is 43.9 Å². The third kappa shape index (κ3) is 12.2. The molecule has 0 bridgehead atoms. The molecule has 0 spiro atoms. The van der Waals surface area contributed by atoms with Gasteiger partial charge in [0, 0.05) is 44.8 Å². The first-order valence-electron chi connectivity index (χ1n) is 13.8. The Bertz CT molecular complexity index is 1010. The molecule has 0 radical (unpaired) electrons. The molecule has 2 atom stereocenters. The molecule has 1 heterocycles. The van der Waals surface area contributed by atoms with Gasteiger partial charge in [-0.15, -0.1) is 37.2 Å². The highest BCUT2D eigenvalue weighted by Crippen LogP contribution is 2.24. The van der Waals surface area contributed by atoms with E-state index in [4.69, 9.17) is 0 Å². The van der Waals surface area contributed by atoms with Gasteiger partial charge in [-0.25, -0.2) is 0 Å². The lowest BCUT2D eigenvalue weighted by molar-refractivity contribution is 0.0411. The Hall–Kier alpha value is -1.59. The molecule has 0 aliphatic carbocycles. The van der Waals surface area contributed by atoms with Crippen molar-refractivity contribution in [3.05, 3.63) is 108 Å². The van der Waals surface area contributed by atoms with Gasteiger partial charge in [-0.05, 0) is 47.9 Å². The maximum Gasteiger partial charge on any atom is 0.0264 e. The third-order valence-electron chi connectivity index (χ3n) is 7.48. The summed E-state index contributed by atoms with van der Waals surface area (Å²) in [5.74, 6) is 0. The Morgan fingerprint density at radius 2 is 1.28 bits per heavy atom. The Morgan fingerprint density at radius 3 is 1.85 bits per heavy atom. The summed E-state index contributed by atoms with van der Waals surface area (Å²) in [6.45, 7) is 13.6. The number of benzene rings is 3. The number of hydrogen-bond donors (Lipinski definition) is 1. The van der Waals surface area contributed by atoms with Crippen molar-refractivity contribution in [1.29, 1.82) is 0 Å². The largest absolute Gasteiger partial charge is 0.311 e. The summed E-state index contributed by atoms with van der Waals surface area (Å²) >= 11 is 0. The van der Waals surface area contributed by atoms with Gasteiger partial charge in [0.05, 0.1) is 0 Å². The molecule has 1 N–H and O–H groups in total. The van der Waals surface area contributed by atoms with Crippen LogP contribution in [0.3, 0.4) is 0 Å². The molecule has 1 aliphatic heterocycles. The molecule has 3 nitrogen and oxygen atoms in total. The van der Waals surface area contributed by atoms with E-state index in [0.29, 0.717) is 17.5 Å². The topological polar surface area (TPSA) is 18.5 Å². The van der Waals surface area contributed by atoms with E-state index in [1.165, 1.54) is 29.7 Å². The van der Waals surface area contributed by atoms with Crippen molar-refractivity contribution >= 4 is 37.2 Å². The van der Waals surface area contributed by atoms with Gasteiger partial charge in [0.25, 0.3) is 0 Å². The molecule has 2 unspecified atom stereocenters. The van der Waals surface area contributed by atoms with Crippen molar-refractivity contribution in [1.82, 2.24) is 15.1 Å². The van der Waals surface area contributed by atoms with Gasteiger partial charge in [-0.2, -0.15) is 0 Å².